The van der Waals surface area contributed by atoms with E-state index in [1.165, 1.54) is 13.1 Å². The van der Waals surface area contributed by atoms with Gasteiger partial charge in [0.1, 0.15) is 0 Å². The molecule has 0 aliphatic carbocycles. The normalized spacial score (nSPS) is 22.1. The third-order valence-electron chi connectivity index (χ3n) is 0.787. The molecule has 0 amide bonds. The fourth-order valence-electron chi connectivity index (χ4n) is 0.472. The molecule has 0 spiro atoms. The molecule has 0 radical (unpaired) electrons. The van der Waals surface area contributed by atoms with Gasteiger partial charge in [-0.25, -0.2) is 0 Å². The number of rotatable bonds is 0. The second kappa shape index (κ2) is 4.46. The number of hydrogen-bond donors (Lipinski definition) is 0. The first kappa shape index (κ1) is 8.58. The summed E-state index contributed by atoms with van der Waals surface area (Å²) in [6.45, 7) is 4.37. The van der Waals surface area contributed by atoms with Gasteiger partial charge in [-0.05, 0) is 13.1 Å². The van der Waals surface area contributed by atoms with Crippen LogP contribution in [-0.2, 0) is 4.74 Å². The van der Waals surface area contributed by atoms with Crippen molar-refractivity contribution in [2.24, 2.45) is 0 Å². The van der Waals surface area contributed by atoms with Gasteiger partial charge in [-0.2, -0.15) is 0 Å². The summed E-state index contributed by atoms with van der Waals surface area (Å²) in [5.41, 5.74) is 0. The zero-order chi connectivity index (χ0) is 5.11. The largest absolute Gasteiger partial charge is 1.00 e. The van der Waals surface area contributed by atoms with Crippen molar-refractivity contribution in [1.29, 1.82) is 0 Å². The average molecular weight is 107 g/mol. The first-order valence-corrected chi connectivity index (χ1v) is 2.21. The van der Waals surface area contributed by atoms with Crippen molar-refractivity contribution in [2.75, 3.05) is 26.3 Å². The van der Waals surface area contributed by atoms with E-state index >= 15 is 0 Å². The minimum Gasteiger partial charge on any atom is -0.480 e. The predicted molar refractivity (Wildman–Crippen MR) is 32.3 cm³/mol. The maximum atomic E-state index is 5.14. The first-order valence-electron chi connectivity index (χ1n) is 2.21. The van der Waals surface area contributed by atoms with Crippen LogP contribution in [0, 0.1) is 0 Å². The molecule has 0 unspecified atom stereocenters. The van der Waals surface area contributed by atoms with Crippen LogP contribution in [-0.4, -0.2) is 39.1 Å². The summed E-state index contributed by atoms with van der Waals surface area (Å²) in [6.07, 6.45) is 0. The zero-order valence-electron chi connectivity index (χ0n) is 4.68. The Labute approximate surface area is 63.2 Å². The van der Waals surface area contributed by atoms with E-state index in [2.05, 4.69) is 4.81 Å². The van der Waals surface area contributed by atoms with Crippen LogP contribution in [0.1, 0.15) is 0 Å². The molecule has 0 saturated carbocycles. The van der Waals surface area contributed by atoms with Gasteiger partial charge >= 0.3 is 18.9 Å². The molecule has 0 aromatic heterocycles. The predicted octanol–water partition coefficient (Wildman–Crippen LogP) is -4.40. The second-order valence-electron chi connectivity index (χ2n) is 1.28. The van der Waals surface area contributed by atoms with Gasteiger partial charge in [0.25, 0.3) is 0 Å². The van der Waals surface area contributed by atoms with Crippen molar-refractivity contribution in [3.63, 3.8) is 0 Å². The van der Waals surface area contributed by atoms with Crippen molar-refractivity contribution >= 4 is 7.98 Å². The number of nitrogens with zero attached hydrogens (tertiary/aromatic N) is 1. The Bertz CT molecular complexity index is 58.0. The van der Waals surface area contributed by atoms with Crippen LogP contribution in [0.25, 0.3) is 0 Å². The number of ether oxygens (including phenoxy) is 1. The molecule has 42 valence electrons. The Morgan fingerprint density at radius 2 is 1.75 bits per heavy atom. The topological polar surface area (TPSA) is 12.5 Å². The molecule has 1 fully saturated rings. The van der Waals surface area contributed by atoms with Crippen LogP contribution in [0.5, 0.6) is 0 Å². The second-order valence-corrected chi connectivity index (χ2v) is 1.28. The third kappa shape index (κ3) is 2.78. The van der Waals surface area contributed by atoms with E-state index in [1.807, 2.05) is 0 Å². The van der Waals surface area contributed by atoms with Crippen molar-refractivity contribution in [1.82, 2.24) is 4.81 Å². The van der Waals surface area contributed by atoms with Gasteiger partial charge in [-0.15, -0.1) is 0 Å². The van der Waals surface area contributed by atoms with Gasteiger partial charge < -0.3 is 9.55 Å². The van der Waals surface area contributed by atoms with Crippen molar-refractivity contribution in [3.05, 3.63) is 0 Å². The molecule has 1 aliphatic heterocycles. The molecular weight excluding hydrogens is 95.8 g/mol. The maximum Gasteiger partial charge on any atom is 1.00 e. The van der Waals surface area contributed by atoms with Crippen LogP contribution in [0.2, 0.25) is 0 Å². The van der Waals surface area contributed by atoms with Gasteiger partial charge in [0, 0.05) is 7.98 Å². The summed E-state index contributed by atoms with van der Waals surface area (Å²) >= 11 is 0. The van der Waals surface area contributed by atoms with E-state index in [-0.39, 0.29) is 18.9 Å². The van der Waals surface area contributed by atoms with Gasteiger partial charge in [0.05, 0.1) is 13.2 Å². The van der Waals surface area contributed by atoms with E-state index in [4.69, 9.17) is 4.74 Å². The van der Waals surface area contributed by atoms with Crippen molar-refractivity contribution in [3.8, 4) is 0 Å². The Morgan fingerprint density at radius 1 is 1.25 bits per heavy atom. The molecule has 8 heavy (non-hydrogen) atoms. The van der Waals surface area contributed by atoms with Crippen LogP contribution >= 0.6 is 0 Å². The van der Waals surface area contributed by atoms with Crippen LogP contribution in [0.4, 0.5) is 0 Å². The minimum absolute atomic E-state index is 0. The minimum atomic E-state index is 0. The molecule has 0 aromatic carbocycles. The summed E-state index contributed by atoms with van der Waals surface area (Å²) in [6, 6.07) is 0. The van der Waals surface area contributed by atoms with E-state index in [0.29, 0.717) is 7.98 Å². The molecule has 0 aromatic rings. The first-order chi connectivity index (χ1) is 3.39. The fourth-order valence-corrected chi connectivity index (χ4v) is 0.472. The molecule has 1 heterocycles. The van der Waals surface area contributed by atoms with E-state index in [1.54, 1.807) is 0 Å². The van der Waals surface area contributed by atoms with Gasteiger partial charge in [0.15, 0.2) is 0 Å². The Morgan fingerprint density at radius 3 is 2.00 bits per heavy atom. The zero-order valence-corrected chi connectivity index (χ0v) is 4.68. The third-order valence-corrected chi connectivity index (χ3v) is 0.787. The number of morpholine rings is 1. The fraction of sp³-hybridized carbons (Fsp3) is 1.00. The van der Waals surface area contributed by atoms with Gasteiger partial charge in [-0.3, -0.25) is 0 Å². The quantitative estimate of drug-likeness (QED) is 0.290. The summed E-state index contributed by atoms with van der Waals surface area (Å²) < 4.78 is 5.14. The van der Waals surface area contributed by atoms with Gasteiger partial charge in [-0.1, -0.05) is 0 Å². The van der Waals surface area contributed by atoms with Crippen LogP contribution < -0.4 is 18.9 Å². The Hall–Kier alpha value is 0.582. The summed E-state index contributed by atoms with van der Waals surface area (Å²) in [5.74, 6) is 0. The van der Waals surface area contributed by atoms with Crippen molar-refractivity contribution in [2.45, 2.75) is 0 Å². The van der Waals surface area contributed by atoms with Gasteiger partial charge in [0.2, 0.25) is 0 Å². The monoisotopic (exact) mass is 107 g/mol. The molecule has 4 heteroatoms. The molecule has 0 atom stereocenters. The molecule has 0 N–H and O–H groups in total. The summed E-state index contributed by atoms with van der Waals surface area (Å²) in [5, 5.41) is 0. The number of hydrogen-bond acceptors (Lipinski definition) is 2. The summed E-state index contributed by atoms with van der Waals surface area (Å²) in [4.78, 5) is 2.52. The average Bonchev–Trinajstić information content (AvgIpc) is 1.69. The maximum absolute atomic E-state index is 5.14. The van der Waals surface area contributed by atoms with E-state index < -0.39 is 0 Å². The van der Waals surface area contributed by atoms with Crippen molar-refractivity contribution < 1.29 is 23.6 Å². The molecule has 1 aliphatic rings. The molecule has 2 nitrogen and oxygen atoms in total. The smallest absolute Gasteiger partial charge is 0.480 e. The Kier molecular flexibility index (Phi) is 4.78. The van der Waals surface area contributed by atoms with Crippen LogP contribution in [0.15, 0.2) is 0 Å². The molecule has 0 bridgehead atoms. The van der Waals surface area contributed by atoms with E-state index in [9.17, 15) is 0 Å². The molecule has 1 saturated heterocycles. The molecule has 1 rings (SSSR count). The summed E-state index contributed by atoms with van der Waals surface area (Å²) in [7, 11) is 0.476. The SMILES string of the molecule is [BH3-]N1CCOCC1.[Li+]. The standard InChI is InChI=1S/C4H11BNO.Li/c5-6-1-3-7-4-2-6;/h1-4H2,5H3;/q-1;+1. The Balaban J connectivity index is 0.000000490. The molecular formula is C4H11BLiNO. The van der Waals surface area contributed by atoms with Crippen LogP contribution in [0.3, 0.4) is 0 Å². The van der Waals surface area contributed by atoms with E-state index in [0.717, 1.165) is 13.2 Å².